The van der Waals surface area contributed by atoms with Crippen molar-refractivity contribution in [3.63, 3.8) is 0 Å². The van der Waals surface area contributed by atoms with Gasteiger partial charge in [-0.15, -0.1) is 23.8 Å². The predicted octanol–water partition coefficient (Wildman–Crippen LogP) is 7.07. The molecule has 52 heavy (non-hydrogen) atoms. The predicted molar refractivity (Wildman–Crippen MR) is 212 cm³/mol. The van der Waals surface area contributed by atoms with Crippen LogP contribution in [0, 0.1) is 56.3 Å². The molecular weight excluding hydrogens is 798 g/mol. The maximum Gasteiger partial charge on any atom is -0.109 e. The van der Waals surface area contributed by atoms with E-state index < -0.39 is 0 Å². The summed E-state index contributed by atoms with van der Waals surface area (Å²) in [6.07, 6.45) is 39.3. The summed E-state index contributed by atoms with van der Waals surface area (Å²) >= 11 is 13.1. The SMILES string of the molecule is CC1=CC=CC2[CH-]C3(C)C4(C)C=CC=CC4(C)C4(C)C=CC=CC4(C)C3(C)C12C.Clc1ccc([C](=[Zr+2])c2ccc(Cl)cc2)cc1.[C-]1=CC=CC1.[Cl-].[Cl-]. The van der Waals surface area contributed by atoms with Gasteiger partial charge in [0.2, 0.25) is 0 Å². The minimum absolute atomic E-state index is 0. The topological polar surface area (TPSA) is 0 Å². The Morgan fingerprint density at radius 1 is 0.673 bits per heavy atom. The molecule has 2 fully saturated rings. The van der Waals surface area contributed by atoms with Gasteiger partial charge in [0.15, 0.2) is 0 Å². The molecule has 0 aliphatic heterocycles. The first-order valence-corrected chi connectivity index (χ1v) is 19.8. The maximum atomic E-state index is 5.86. The van der Waals surface area contributed by atoms with Gasteiger partial charge in [0.05, 0.1) is 0 Å². The fourth-order valence-corrected chi connectivity index (χ4v) is 12.1. The van der Waals surface area contributed by atoms with Gasteiger partial charge in [0.25, 0.3) is 0 Å². The second-order valence-electron chi connectivity index (χ2n) is 16.1. The fraction of sp³-hybridized carbons (Fsp3) is 0.362. The fourth-order valence-electron chi connectivity index (χ4n) is 11.0. The van der Waals surface area contributed by atoms with Gasteiger partial charge < -0.3 is 31.2 Å². The van der Waals surface area contributed by atoms with E-state index in [9.17, 15) is 0 Å². The zero-order valence-corrected chi connectivity index (χ0v) is 37.1. The molecule has 8 rings (SSSR count). The summed E-state index contributed by atoms with van der Waals surface area (Å²) in [5, 5.41) is 1.53. The van der Waals surface area contributed by atoms with Gasteiger partial charge in [-0.3, -0.25) is 6.08 Å². The molecular formula is C47H50Cl4Zr-2. The third-order valence-corrected chi connectivity index (χ3v) is 16.8. The first-order chi connectivity index (χ1) is 23.6. The van der Waals surface area contributed by atoms with Crippen LogP contribution >= 0.6 is 23.2 Å². The number of hydrogen-bond donors (Lipinski definition) is 0. The van der Waals surface area contributed by atoms with E-state index in [-0.39, 0.29) is 62.7 Å². The summed E-state index contributed by atoms with van der Waals surface area (Å²) in [5.41, 5.74) is 4.16. The van der Waals surface area contributed by atoms with Crippen LogP contribution in [-0.4, -0.2) is 3.21 Å². The van der Waals surface area contributed by atoms with Crippen LogP contribution in [0.3, 0.4) is 0 Å². The molecule has 2 aromatic rings. The zero-order valence-electron chi connectivity index (χ0n) is 31.6. The summed E-state index contributed by atoms with van der Waals surface area (Å²) in [4.78, 5) is 0. The molecule has 0 amide bonds. The Morgan fingerprint density at radius 3 is 1.58 bits per heavy atom. The molecule has 0 heterocycles. The van der Waals surface area contributed by atoms with E-state index in [0.29, 0.717) is 5.92 Å². The van der Waals surface area contributed by atoms with E-state index >= 15 is 0 Å². The minimum atomic E-state index is 0. The zero-order chi connectivity index (χ0) is 36.2. The Hall–Kier alpha value is -1.73. The van der Waals surface area contributed by atoms with Crippen molar-refractivity contribution in [1.29, 1.82) is 0 Å². The number of halogens is 4. The second kappa shape index (κ2) is 15.4. The Morgan fingerprint density at radius 2 is 1.13 bits per heavy atom. The smallest absolute Gasteiger partial charge is 0.109 e. The third-order valence-electron chi connectivity index (χ3n) is 14.9. The van der Waals surface area contributed by atoms with Crippen molar-refractivity contribution >= 4 is 26.4 Å². The van der Waals surface area contributed by atoms with Crippen molar-refractivity contribution < 1.29 is 49.0 Å². The average Bonchev–Trinajstić information content (AvgIpc) is 3.75. The van der Waals surface area contributed by atoms with Gasteiger partial charge in [-0.05, 0) is 28.6 Å². The van der Waals surface area contributed by atoms with Gasteiger partial charge in [-0.1, -0.05) is 115 Å². The standard InChI is InChI=1S/C29H37.C13H8Cl2.C5H5.2ClH.Zr/c1-21-14-13-15-22-20-27(6)25(4)18-10-9-16-23(25,2)24(3)17-11-12-19-26(24,5)29(27,8)28(21,22)7;14-12-5-1-10(2-6-12)9-11-3-7-13(15)8-4-11;1-2-4-5-3-1;;;/h9-20,22H,1-8H3;1-8H;1-3H,4H2;2*1H;/q-1;;-1;;;+2/p-2. The first kappa shape index (κ1) is 43.0. The van der Waals surface area contributed by atoms with Crippen LogP contribution in [-0.2, 0) is 24.2 Å². The second-order valence-corrected chi connectivity index (χ2v) is 18.2. The Labute approximate surface area is 351 Å². The molecule has 272 valence electrons. The molecule has 6 aliphatic carbocycles. The molecule has 5 heteroatoms. The van der Waals surface area contributed by atoms with Crippen LogP contribution in [0.2, 0.25) is 10.0 Å². The van der Waals surface area contributed by atoms with Crippen molar-refractivity contribution in [2.24, 2.45) is 43.8 Å². The van der Waals surface area contributed by atoms with E-state index in [1.807, 2.05) is 60.7 Å². The van der Waals surface area contributed by atoms with Crippen LogP contribution < -0.4 is 24.8 Å². The maximum absolute atomic E-state index is 5.86. The monoisotopic (exact) mass is 844 g/mol. The summed E-state index contributed by atoms with van der Waals surface area (Å²) in [6, 6.07) is 15.8. The number of rotatable bonds is 2. The summed E-state index contributed by atoms with van der Waals surface area (Å²) in [6.45, 7) is 20.3. The van der Waals surface area contributed by atoms with Gasteiger partial charge in [0.1, 0.15) is 0 Å². The van der Waals surface area contributed by atoms with Gasteiger partial charge in [-0.25, -0.2) is 12.2 Å². The van der Waals surface area contributed by atoms with Crippen LogP contribution in [0.5, 0.6) is 0 Å². The minimum Gasteiger partial charge on any atom is -1.00 e. The number of fused-ring (bicyclic) bond motifs is 8. The summed E-state index contributed by atoms with van der Waals surface area (Å²) < 4.78 is 1.31. The molecule has 0 saturated heterocycles. The molecule has 8 atom stereocenters. The van der Waals surface area contributed by atoms with E-state index in [4.69, 9.17) is 23.2 Å². The first-order valence-electron chi connectivity index (χ1n) is 17.8. The number of allylic oxidation sites excluding steroid dienone is 16. The third kappa shape index (κ3) is 5.90. The van der Waals surface area contributed by atoms with E-state index in [1.54, 1.807) is 0 Å². The molecule has 0 radical (unpaired) electrons. The molecule has 0 N–H and O–H groups in total. The number of hydrogen-bond acceptors (Lipinski definition) is 0. The van der Waals surface area contributed by atoms with Crippen molar-refractivity contribution in [3.05, 3.63) is 173 Å². The Bertz CT molecular complexity index is 1850. The van der Waals surface area contributed by atoms with E-state index in [0.717, 1.165) is 16.5 Å². The van der Waals surface area contributed by atoms with Crippen molar-refractivity contribution in [2.75, 3.05) is 0 Å². The van der Waals surface area contributed by atoms with Gasteiger partial charge in [-0.2, -0.15) is 6.08 Å². The molecule has 8 unspecified atom stereocenters. The van der Waals surface area contributed by atoms with Gasteiger partial charge in [0, 0.05) is 10.8 Å². The van der Waals surface area contributed by atoms with Crippen LogP contribution in [0.4, 0.5) is 0 Å². The molecule has 0 aromatic heterocycles. The van der Waals surface area contributed by atoms with Crippen molar-refractivity contribution in [1.82, 2.24) is 0 Å². The summed E-state index contributed by atoms with van der Waals surface area (Å²) in [7, 11) is 0. The molecule has 0 spiro atoms. The molecule has 2 aromatic carbocycles. The summed E-state index contributed by atoms with van der Waals surface area (Å²) in [5.74, 6) is 0.460. The largest absolute Gasteiger partial charge is 1.00 e. The number of benzene rings is 2. The van der Waals surface area contributed by atoms with Crippen molar-refractivity contribution in [2.45, 2.75) is 61.8 Å². The quantitative estimate of drug-likeness (QED) is 0.284. The molecule has 0 nitrogen and oxygen atoms in total. The van der Waals surface area contributed by atoms with Crippen LogP contribution in [0.1, 0.15) is 72.9 Å². The molecule has 0 bridgehead atoms. The van der Waals surface area contributed by atoms with E-state index in [2.05, 4.69) is 141 Å². The van der Waals surface area contributed by atoms with E-state index in [1.165, 1.54) is 44.1 Å². The Kier molecular flexibility index (Phi) is 12.8. The normalized spacial score (nSPS) is 37.8. The van der Waals surface area contributed by atoms with Crippen LogP contribution in [0.25, 0.3) is 0 Å². The Balaban J connectivity index is 0.000000221. The average molecular weight is 848 g/mol. The molecule has 6 aliphatic rings. The van der Waals surface area contributed by atoms with Gasteiger partial charge >= 0.3 is 120 Å². The van der Waals surface area contributed by atoms with Crippen LogP contribution in [0.15, 0.2) is 139 Å². The van der Waals surface area contributed by atoms with Crippen molar-refractivity contribution in [3.8, 4) is 0 Å². The molecule has 2 saturated carbocycles.